The lowest BCUT2D eigenvalue weighted by Crippen LogP contribution is -2.36. The number of ether oxygens (including phenoxy) is 1. The first-order valence-electron chi connectivity index (χ1n) is 7.78. The quantitative estimate of drug-likeness (QED) is 0.411. The zero-order valence-corrected chi connectivity index (χ0v) is 16.8. The molecule has 0 aliphatic heterocycles. The predicted octanol–water partition coefficient (Wildman–Crippen LogP) is 3.62. The van der Waals surface area contributed by atoms with E-state index in [1.54, 1.807) is 14.2 Å². The molecule has 0 fully saturated rings. The summed E-state index contributed by atoms with van der Waals surface area (Å²) in [5.74, 6) is 0.800. The van der Waals surface area contributed by atoms with E-state index in [0.717, 1.165) is 19.0 Å². The Bertz CT molecular complexity index is 641. The summed E-state index contributed by atoms with van der Waals surface area (Å²) in [6, 6.07) is 16.7. The second kappa shape index (κ2) is 11.0. The first kappa shape index (κ1) is 20.4. The second-order valence-electron chi connectivity index (χ2n) is 5.46. The Balaban J connectivity index is 0.00000288. The van der Waals surface area contributed by atoms with E-state index in [1.807, 2.05) is 0 Å². The SMILES string of the molecule is CN=C(NCc1ccc(COC)cc1)NCc1ccccc1C.I. The van der Waals surface area contributed by atoms with Crippen LogP contribution >= 0.6 is 24.0 Å². The highest BCUT2D eigenvalue weighted by molar-refractivity contribution is 14.0. The molecule has 0 spiro atoms. The second-order valence-corrected chi connectivity index (χ2v) is 5.46. The van der Waals surface area contributed by atoms with Gasteiger partial charge in [0, 0.05) is 27.2 Å². The van der Waals surface area contributed by atoms with Crippen LogP contribution in [0.4, 0.5) is 0 Å². The van der Waals surface area contributed by atoms with Crippen LogP contribution in [-0.2, 0) is 24.4 Å². The van der Waals surface area contributed by atoms with Crippen LogP contribution < -0.4 is 10.6 Å². The molecule has 2 aromatic carbocycles. The molecule has 2 aromatic rings. The molecule has 0 atom stereocenters. The number of hydrogen-bond donors (Lipinski definition) is 2. The third-order valence-electron chi connectivity index (χ3n) is 3.73. The lowest BCUT2D eigenvalue weighted by Gasteiger charge is -2.13. The zero-order chi connectivity index (χ0) is 16.5. The first-order chi connectivity index (χ1) is 11.2. The molecule has 130 valence electrons. The van der Waals surface area contributed by atoms with Gasteiger partial charge in [-0.3, -0.25) is 4.99 Å². The Morgan fingerprint density at radius 3 is 2.21 bits per heavy atom. The predicted molar refractivity (Wildman–Crippen MR) is 111 cm³/mol. The van der Waals surface area contributed by atoms with Gasteiger partial charge in [0.2, 0.25) is 0 Å². The maximum atomic E-state index is 5.12. The van der Waals surface area contributed by atoms with Crippen LogP contribution in [0.3, 0.4) is 0 Å². The Morgan fingerprint density at radius 1 is 0.958 bits per heavy atom. The molecule has 24 heavy (non-hydrogen) atoms. The number of hydrogen-bond acceptors (Lipinski definition) is 2. The number of aliphatic imine (C=N–C) groups is 1. The molecule has 5 heteroatoms. The van der Waals surface area contributed by atoms with E-state index >= 15 is 0 Å². The van der Waals surface area contributed by atoms with Gasteiger partial charge >= 0.3 is 0 Å². The summed E-state index contributed by atoms with van der Waals surface area (Å²) in [6.07, 6.45) is 0. The van der Waals surface area contributed by atoms with Gasteiger partial charge in [0.25, 0.3) is 0 Å². The molecular weight excluding hydrogens is 413 g/mol. The highest BCUT2D eigenvalue weighted by Crippen LogP contribution is 2.07. The maximum absolute atomic E-state index is 5.12. The number of halogens is 1. The summed E-state index contributed by atoms with van der Waals surface area (Å²) in [5, 5.41) is 6.68. The van der Waals surface area contributed by atoms with E-state index < -0.39 is 0 Å². The standard InChI is InChI=1S/C19H25N3O.HI/c1-15-6-4-5-7-18(15)13-22-19(20-2)21-12-16-8-10-17(11-9-16)14-23-3;/h4-11H,12-14H2,1-3H3,(H2,20,21,22);1H. The van der Waals surface area contributed by atoms with Gasteiger partial charge in [0.1, 0.15) is 0 Å². The van der Waals surface area contributed by atoms with Gasteiger partial charge in [-0.25, -0.2) is 0 Å². The van der Waals surface area contributed by atoms with Gasteiger partial charge in [-0.15, -0.1) is 24.0 Å². The van der Waals surface area contributed by atoms with Gasteiger partial charge < -0.3 is 15.4 Å². The molecule has 2 rings (SSSR count). The van der Waals surface area contributed by atoms with Crippen molar-refractivity contribution in [2.24, 2.45) is 4.99 Å². The van der Waals surface area contributed by atoms with Crippen molar-refractivity contribution in [2.75, 3.05) is 14.2 Å². The Labute approximate surface area is 161 Å². The monoisotopic (exact) mass is 439 g/mol. The molecule has 0 unspecified atom stereocenters. The minimum absolute atomic E-state index is 0. The fourth-order valence-electron chi connectivity index (χ4n) is 2.31. The van der Waals surface area contributed by atoms with Crippen LogP contribution in [-0.4, -0.2) is 20.1 Å². The molecule has 4 nitrogen and oxygen atoms in total. The van der Waals surface area contributed by atoms with Gasteiger partial charge in [-0.2, -0.15) is 0 Å². The van der Waals surface area contributed by atoms with E-state index in [-0.39, 0.29) is 24.0 Å². The Hall–Kier alpha value is -1.60. The van der Waals surface area contributed by atoms with Crippen LogP contribution in [0.1, 0.15) is 22.3 Å². The Morgan fingerprint density at radius 2 is 1.58 bits per heavy atom. The molecule has 0 aromatic heterocycles. The van der Waals surface area contributed by atoms with Gasteiger partial charge in [0.15, 0.2) is 5.96 Å². The molecule has 0 aliphatic carbocycles. The fraction of sp³-hybridized carbons (Fsp3) is 0.316. The summed E-state index contributed by atoms with van der Waals surface area (Å²) in [6.45, 7) is 4.27. The maximum Gasteiger partial charge on any atom is 0.191 e. The Kier molecular flexibility index (Phi) is 9.41. The van der Waals surface area contributed by atoms with E-state index in [4.69, 9.17) is 4.74 Å². The van der Waals surface area contributed by atoms with Crippen LogP contribution in [0.25, 0.3) is 0 Å². The molecule has 0 bridgehead atoms. The number of nitrogens with zero attached hydrogens (tertiary/aromatic N) is 1. The van der Waals surface area contributed by atoms with Crippen LogP contribution in [0.5, 0.6) is 0 Å². The van der Waals surface area contributed by atoms with Crippen molar-refractivity contribution in [3.8, 4) is 0 Å². The average molecular weight is 439 g/mol. The molecule has 0 heterocycles. The minimum atomic E-state index is 0. The van der Waals surface area contributed by atoms with Crippen molar-refractivity contribution < 1.29 is 4.74 Å². The van der Waals surface area contributed by atoms with Crippen LogP contribution in [0.2, 0.25) is 0 Å². The van der Waals surface area contributed by atoms with Crippen molar-refractivity contribution in [2.45, 2.75) is 26.6 Å². The molecule has 2 N–H and O–H groups in total. The normalized spacial score (nSPS) is 10.9. The van der Waals surface area contributed by atoms with Crippen molar-refractivity contribution in [3.63, 3.8) is 0 Å². The largest absolute Gasteiger partial charge is 0.380 e. The van der Waals surface area contributed by atoms with E-state index in [1.165, 1.54) is 22.3 Å². The summed E-state index contributed by atoms with van der Waals surface area (Å²) in [4.78, 5) is 4.27. The number of nitrogens with one attached hydrogen (secondary N) is 2. The van der Waals surface area contributed by atoms with E-state index in [2.05, 4.69) is 71.1 Å². The van der Waals surface area contributed by atoms with E-state index in [0.29, 0.717) is 6.61 Å². The molecule has 0 radical (unpaired) electrons. The zero-order valence-electron chi connectivity index (χ0n) is 14.5. The lowest BCUT2D eigenvalue weighted by molar-refractivity contribution is 0.185. The molecule has 0 amide bonds. The number of guanidine groups is 1. The summed E-state index contributed by atoms with van der Waals surface area (Å²) < 4.78 is 5.12. The van der Waals surface area contributed by atoms with Crippen molar-refractivity contribution in [1.29, 1.82) is 0 Å². The lowest BCUT2D eigenvalue weighted by atomic mass is 10.1. The molecule has 0 saturated carbocycles. The highest BCUT2D eigenvalue weighted by Gasteiger charge is 2.01. The minimum Gasteiger partial charge on any atom is -0.380 e. The van der Waals surface area contributed by atoms with Crippen molar-refractivity contribution in [3.05, 3.63) is 70.8 Å². The summed E-state index contributed by atoms with van der Waals surface area (Å²) in [5.41, 5.74) is 4.95. The third kappa shape index (κ3) is 6.49. The average Bonchev–Trinajstić information content (AvgIpc) is 2.58. The number of methoxy groups -OCH3 is 1. The molecular formula is C19H26IN3O. The fourth-order valence-corrected chi connectivity index (χ4v) is 2.31. The highest BCUT2D eigenvalue weighted by atomic mass is 127. The smallest absolute Gasteiger partial charge is 0.191 e. The molecule has 0 saturated heterocycles. The first-order valence-corrected chi connectivity index (χ1v) is 7.78. The van der Waals surface area contributed by atoms with Crippen molar-refractivity contribution >= 4 is 29.9 Å². The van der Waals surface area contributed by atoms with Gasteiger partial charge in [-0.05, 0) is 29.2 Å². The van der Waals surface area contributed by atoms with Crippen molar-refractivity contribution in [1.82, 2.24) is 10.6 Å². The van der Waals surface area contributed by atoms with Crippen LogP contribution in [0.15, 0.2) is 53.5 Å². The van der Waals surface area contributed by atoms with Gasteiger partial charge in [0.05, 0.1) is 6.61 Å². The summed E-state index contributed by atoms with van der Waals surface area (Å²) >= 11 is 0. The molecule has 0 aliphatic rings. The number of benzene rings is 2. The van der Waals surface area contributed by atoms with E-state index in [9.17, 15) is 0 Å². The van der Waals surface area contributed by atoms with Gasteiger partial charge in [-0.1, -0.05) is 48.5 Å². The number of rotatable bonds is 6. The summed E-state index contributed by atoms with van der Waals surface area (Å²) in [7, 11) is 3.49. The van der Waals surface area contributed by atoms with Crippen LogP contribution in [0, 0.1) is 6.92 Å². The topological polar surface area (TPSA) is 45.7 Å². The number of aryl methyl sites for hydroxylation is 1. The third-order valence-corrected chi connectivity index (χ3v) is 3.73.